The summed E-state index contributed by atoms with van der Waals surface area (Å²) in [7, 11) is 0. The van der Waals surface area contributed by atoms with Gasteiger partial charge in [0.2, 0.25) is 5.91 Å². The van der Waals surface area contributed by atoms with Gasteiger partial charge < -0.3 is 14.2 Å². The quantitative estimate of drug-likeness (QED) is 0.639. The summed E-state index contributed by atoms with van der Waals surface area (Å²) in [6.07, 6.45) is 1.62. The van der Waals surface area contributed by atoms with Gasteiger partial charge in [0.15, 0.2) is 0 Å². The van der Waals surface area contributed by atoms with E-state index in [1.165, 1.54) is 12.1 Å². The van der Waals surface area contributed by atoms with Crippen LogP contribution in [0.3, 0.4) is 0 Å². The zero-order valence-corrected chi connectivity index (χ0v) is 16.2. The van der Waals surface area contributed by atoms with Crippen LogP contribution in [0.1, 0.15) is 5.76 Å². The van der Waals surface area contributed by atoms with E-state index in [4.69, 9.17) is 4.42 Å². The van der Waals surface area contributed by atoms with Crippen molar-refractivity contribution in [2.75, 3.05) is 42.5 Å². The van der Waals surface area contributed by atoms with Gasteiger partial charge in [-0.3, -0.25) is 9.69 Å². The molecule has 1 aliphatic heterocycles. The van der Waals surface area contributed by atoms with Crippen LogP contribution in [0.4, 0.5) is 15.8 Å². The molecule has 150 valence electrons. The monoisotopic (exact) mass is 393 g/mol. The second-order valence-corrected chi connectivity index (χ2v) is 7.13. The molecule has 0 saturated carbocycles. The minimum atomic E-state index is -0.226. The topological polar surface area (TPSA) is 39.9 Å². The highest BCUT2D eigenvalue weighted by Crippen LogP contribution is 2.20. The molecule has 29 heavy (non-hydrogen) atoms. The second-order valence-electron chi connectivity index (χ2n) is 7.13. The van der Waals surface area contributed by atoms with Gasteiger partial charge in [-0.25, -0.2) is 4.39 Å². The summed E-state index contributed by atoms with van der Waals surface area (Å²) in [6, 6.07) is 20.0. The summed E-state index contributed by atoms with van der Waals surface area (Å²) in [5.41, 5.74) is 1.87. The molecule has 2 heterocycles. The van der Waals surface area contributed by atoms with Gasteiger partial charge in [0.05, 0.1) is 19.4 Å². The molecule has 2 aromatic carbocycles. The lowest BCUT2D eigenvalue weighted by Gasteiger charge is -2.36. The van der Waals surface area contributed by atoms with Crippen molar-refractivity contribution in [1.29, 1.82) is 0 Å². The maximum absolute atomic E-state index is 13.1. The minimum absolute atomic E-state index is 0.0443. The number of hydrogen-bond acceptors (Lipinski definition) is 4. The molecule has 3 aromatic rings. The Morgan fingerprint density at radius 2 is 1.66 bits per heavy atom. The smallest absolute Gasteiger partial charge is 0.241 e. The van der Waals surface area contributed by atoms with E-state index in [-0.39, 0.29) is 11.7 Å². The average molecular weight is 393 g/mol. The van der Waals surface area contributed by atoms with Crippen molar-refractivity contribution in [3.63, 3.8) is 0 Å². The van der Waals surface area contributed by atoms with Crippen LogP contribution >= 0.6 is 0 Å². The predicted octanol–water partition coefficient (Wildman–Crippen LogP) is 3.77. The fourth-order valence-corrected chi connectivity index (χ4v) is 3.58. The van der Waals surface area contributed by atoms with Gasteiger partial charge in [-0.15, -0.1) is 0 Å². The normalized spacial score (nSPS) is 14.7. The van der Waals surface area contributed by atoms with Gasteiger partial charge in [-0.1, -0.05) is 18.2 Å². The molecule has 1 saturated heterocycles. The molecule has 6 heteroatoms. The number of benzene rings is 2. The molecule has 1 aliphatic rings. The fourth-order valence-electron chi connectivity index (χ4n) is 3.58. The van der Waals surface area contributed by atoms with Crippen molar-refractivity contribution in [3.05, 3.63) is 84.6 Å². The Bertz CT molecular complexity index is 905. The molecule has 0 radical (unpaired) electrons. The molecule has 0 N–H and O–H groups in total. The number of halogens is 1. The molecular formula is C23H24FN3O2. The van der Waals surface area contributed by atoms with E-state index in [2.05, 4.69) is 9.80 Å². The van der Waals surface area contributed by atoms with Crippen molar-refractivity contribution in [3.8, 4) is 0 Å². The summed E-state index contributed by atoms with van der Waals surface area (Å²) in [4.78, 5) is 19.3. The van der Waals surface area contributed by atoms with E-state index in [0.29, 0.717) is 13.1 Å². The number of carbonyl (C=O) groups is 1. The van der Waals surface area contributed by atoms with E-state index in [0.717, 1.165) is 43.3 Å². The number of hydrogen-bond donors (Lipinski definition) is 0. The van der Waals surface area contributed by atoms with Gasteiger partial charge in [-0.2, -0.15) is 0 Å². The summed E-state index contributed by atoms with van der Waals surface area (Å²) in [6.45, 7) is 3.95. The lowest BCUT2D eigenvalue weighted by molar-refractivity contribution is -0.120. The first kappa shape index (κ1) is 19.2. The molecule has 1 aromatic heterocycles. The van der Waals surface area contributed by atoms with Crippen molar-refractivity contribution < 1.29 is 13.6 Å². The van der Waals surface area contributed by atoms with Crippen LogP contribution in [0.25, 0.3) is 0 Å². The number of amides is 1. The summed E-state index contributed by atoms with van der Waals surface area (Å²) >= 11 is 0. The Kier molecular flexibility index (Phi) is 5.91. The lowest BCUT2D eigenvalue weighted by Crippen LogP contribution is -2.50. The van der Waals surface area contributed by atoms with Crippen LogP contribution in [0.2, 0.25) is 0 Å². The molecule has 0 bridgehead atoms. The Morgan fingerprint density at radius 1 is 0.931 bits per heavy atom. The third-order valence-electron chi connectivity index (χ3n) is 5.19. The van der Waals surface area contributed by atoms with Gasteiger partial charge in [0.1, 0.15) is 11.6 Å². The van der Waals surface area contributed by atoms with Gasteiger partial charge in [0.25, 0.3) is 0 Å². The number of para-hydroxylation sites is 1. The van der Waals surface area contributed by atoms with E-state index in [1.54, 1.807) is 23.3 Å². The summed E-state index contributed by atoms with van der Waals surface area (Å²) < 4.78 is 18.6. The number of nitrogens with zero attached hydrogens (tertiary/aromatic N) is 3. The Labute approximate surface area is 169 Å². The fraction of sp³-hybridized carbons (Fsp3) is 0.261. The van der Waals surface area contributed by atoms with Gasteiger partial charge in [-0.05, 0) is 48.5 Å². The van der Waals surface area contributed by atoms with Gasteiger partial charge in [0, 0.05) is 37.6 Å². The average Bonchev–Trinajstić information content (AvgIpc) is 3.27. The number of carbonyl (C=O) groups excluding carboxylic acids is 1. The molecule has 5 nitrogen and oxygen atoms in total. The van der Waals surface area contributed by atoms with Crippen LogP contribution in [-0.4, -0.2) is 43.5 Å². The first-order chi connectivity index (χ1) is 14.2. The molecule has 0 spiro atoms. The largest absolute Gasteiger partial charge is 0.467 e. The van der Waals surface area contributed by atoms with E-state index in [1.807, 2.05) is 42.5 Å². The first-order valence-electron chi connectivity index (χ1n) is 9.80. The molecule has 4 rings (SSSR count). The Hall–Kier alpha value is -3.12. The van der Waals surface area contributed by atoms with Crippen molar-refractivity contribution in [2.45, 2.75) is 6.54 Å². The third kappa shape index (κ3) is 4.84. The number of furan rings is 1. The van der Waals surface area contributed by atoms with Crippen molar-refractivity contribution in [2.24, 2.45) is 0 Å². The maximum atomic E-state index is 13.1. The van der Waals surface area contributed by atoms with E-state index >= 15 is 0 Å². The Morgan fingerprint density at radius 3 is 2.31 bits per heavy atom. The molecule has 0 atom stereocenters. The van der Waals surface area contributed by atoms with Crippen LogP contribution in [0.5, 0.6) is 0 Å². The number of piperazine rings is 1. The van der Waals surface area contributed by atoms with Crippen LogP contribution in [0.15, 0.2) is 77.4 Å². The molecule has 0 aliphatic carbocycles. The third-order valence-corrected chi connectivity index (χ3v) is 5.19. The SMILES string of the molecule is O=C(CN1CCN(c2ccc(F)cc2)CC1)N(Cc1ccco1)c1ccccc1. The van der Waals surface area contributed by atoms with Crippen LogP contribution in [0, 0.1) is 5.82 Å². The van der Waals surface area contributed by atoms with E-state index < -0.39 is 0 Å². The first-order valence-corrected chi connectivity index (χ1v) is 9.80. The Balaban J connectivity index is 1.38. The maximum Gasteiger partial charge on any atom is 0.241 e. The minimum Gasteiger partial charge on any atom is -0.467 e. The molecule has 1 amide bonds. The summed E-state index contributed by atoms with van der Waals surface area (Å²) in [5, 5.41) is 0. The molecular weight excluding hydrogens is 369 g/mol. The van der Waals surface area contributed by atoms with Crippen LogP contribution < -0.4 is 9.80 Å². The lowest BCUT2D eigenvalue weighted by atomic mass is 10.2. The second kappa shape index (κ2) is 8.92. The highest BCUT2D eigenvalue weighted by atomic mass is 19.1. The standard InChI is InChI=1S/C23H24FN3O2/c24-19-8-10-20(11-9-19)26-14-12-25(13-15-26)18-23(28)27(17-22-7-4-16-29-22)21-5-2-1-3-6-21/h1-11,16H,12-15,17-18H2. The van der Waals surface area contributed by atoms with E-state index in [9.17, 15) is 9.18 Å². The number of rotatable bonds is 6. The van der Waals surface area contributed by atoms with Gasteiger partial charge >= 0.3 is 0 Å². The zero-order chi connectivity index (χ0) is 20.1. The molecule has 1 fully saturated rings. The highest BCUT2D eigenvalue weighted by molar-refractivity contribution is 5.94. The van der Waals surface area contributed by atoms with Crippen molar-refractivity contribution in [1.82, 2.24) is 4.90 Å². The highest BCUT2D eigenvalue weighted by Gasteiger charge is 2.23. The predicted molar refractivity (Wildman–Crippen MR) is 111 cm³/mol. The van der Waals surface area contributed by atoms with Crippen LogP contribution in [-0.2, 0) is 11.3 Å². The number of anilines is 2. The molecule has 0 unspecified atom stereocenters. The zero-order valence-electron chi connectivity index (χ0n) is 16.2. The van der Waals surface area contributed by atoms with Crippen molar-refractivity contribution >= 4 is 17.3 Å². The summed E-state index contributed by atoms with van der Waals surface area (Å²) in [5.74, 6) is 0.571.